The van der Waals surface area contributed by atoms with Crippen molar-refractivity contribution in [2.45, 2.75) is 58.8 Å². The van der Waals surface area contributed by atoms with E-state index in [0.717, 1.165) is 29.9 Å². The van der Waals surface area contributed by atoms with E-state index in [1.165, 1.54) is 11.1 Å². The number of aryl methyl sites for hydroxylation is 1. The van der Waals surface area contributed by atoms with E-state index in [9.17, 15) is 14.7 Å². The van der Waals surface area contributed by atoms with Crippen LogP contribution >= 0.6 is 0 Å². The lowest BCUT2D eigenvalue weighted by Crippen LogP contribution is -2.44. The summed E-state index contributed by atoms with van der Waals surface area (Å²) in [6, 6.07) is 25.6. The number of ether oxygens (including phenoxy) is 1. The molecule has 0 bridgehead atoms. The van der Waals surface area contributed by atoms with Crippen molar-refractivity contribution in [1.29, 1.82) is 0 Å². The molecule has 0 saturated heterocycles. The second-order valence-corrected chi connectivity index (χ2v) is 9.68. The van der Waals surface area contributed by atoms with Gasteiger partial charge in [0.25, 0.3) is 0 Å². The topological polar surface area (TPSA) is 78.9 Å². The summed E-state index contributed by atoms with van der Waals surface area (Å²) in [7, 11) is 0. The number of alkyl carbamates (subject to hydrolysis) is 1. The first-order valence-electron chi connectivity index (χ1n) is 11.8. The minimum Gasteiger partial charge on any atom is -0.480 e. The largest absolute Gasteiger partial charge is 0.480 e. The molecular formula is C29H34N2O4. The molecule has 0 aromatic heterocycles. The summed E-state index contributed by atoms with van der Waals surface area (Å²) < 4.78 is 5.23. The lowest BCUT2D eigenvalue weighted by molar-refractivity contribution is -0.139. The molecule has 0 radical (unpaired) electrons. The molecule has 0 spiro atoms. The third-order valence-electron chi connectivity index (χ3n) is 5.54. The molecule has 0 aliphatic carbocycles. The van der Waals surface area contributed by atoms with Crippen LogP contribution in [0.5, 0.6) is 0 Å². The number of aliphatic carboxylic acids is 1. The van der Waals surface area contributed by atoms with Crippen molar-refractivity contribution < 1.29 is 19.4 Å². The molecule has 6 heteroatoms. The normalized spacial score (nSPS) is 12.0. The van der Waals surface area contributed by atoms with Gasteiger partial charge in [-0.15, -0.1) is 0 Å². The Morgan fingerprint density at radius 3 is 1.91 bits per heavy atom. The zero-order valence-electron chi connectivity index (χ0n) is 20.8. The van der Waals surface area contributed by atoms with Gasteiger partial charge in [0.05, 0.1) is 0 Å². The number of benzene rings is 3. The number of carboxylic acids is 1. The molecule has 1 amide bonds. The van der Waals surface area contributed by atoms with E-state index in [1.54, 1.807) is 20.8 Å². The predicted octanol–water partition coefficient (Wildman–Crippen LogP) is 5.72. The van der Waals surface area contributed by atoms with Gasteiger partial charge in [-0.2, -0.15) is 0 Å². The van der Waals surface area contributed by atoms with E-state index in [-0.39, 0.29) is 6.42 Å². The van der Waals surface area contributed by atoms with Gasteiger partial charge in [-0.3, -0.25) is 0 Å². The average molecular weight is 475 g/mol. The van der Waals surface area contributed by atoms with Gasteiger partial charge in [-0.05, 0) is 62.1 Å². The predicted molar refractivity (Wildman–Crippen MR) is 138 cm³/mol. The summed E-state index contributed by atoms with van der Waals surface area (Å²) >= 11 is 0. The quantitative estimate of drug-likeness (QED) is 0.415. The number of carbonyl (C=O) groups excluding carboxylic acids is 1. The van der Waals surface area contributed by atoms with Crippen LogP contribution in [0.3, 0.4) is 0 Å². The van der Waals surface area contributed by atoms with Gasteiger partial charge in [0.2, 0.25) is 0 Å². The first-order chi connectivity index (χ1) is 16.6. The van der Waals surface area contributed by atoms with Gasteiger partial charge >= 0.3 is 12.1 Å². The maximum atomic E-state index is 12.1. The van der Waals surface area contributed by atoms with Crippen molar-refractivity contribution in [3.8, 4) is 0 Å². The highest BCUT2D eigenvalue weighted by Crippen LogP contribution is 2.24. The molecule has 184 valence electrons. The fourth-order valence-corrected chi connectivity index (χ4v) is 3.82. The van der Waals surface area contributed by atoms with Crippen LogP contribution in [0.1, 0.15) is 43.0 Å². The van der Waals surface area contributed by atoms with Crippen LogP contribution in [0.15, 0.2) is 78.9 Å². The minimum absolute atomic E-state index is 0.165. The summed E-state index contributed by atoms with van der Waals surface area (Å²) in [4.78, 5) is 26.3. The van der Waals surface area contributed by atoms with E-state index in [4.69, 9.17) is 4.74 Å². The number of anilines is 1. The fourth-order valence-electron chi connectivity index (χ4n) is 3.82. The number of hydrogen-bond donors (Lipinski definition) is 2. The molecule has 1 unspecified atom stereocenters. The van der Waals surface area contributed by atoms with Crippen LogP contribution in [0, 0.1) is 6.92 Å². The lowest BCUT2D eigenvalue weighted by Gasteiger charge is -2.27. The molecule has 0 aliphatic heterocycles. The summed E-state index contributed by atoms with van der Waals surface area (Å²) in [5.41, 5.74) is 4.58. The number of carbonyl (C=O) groups is 2. The molecule has 3 aromatic carbocycles. The molecule has 0 heterocycles. The smallest absolute Gasteiger partial charge is 0.408 e. The van der Waals surface area contributed by atoms with Crippen LogP contribution in [-0.4, -0.2) is 28.8 Å². The Bertz CT molecular complexity index is 1080. The van der Waals surface area contributed by atoms with E-state index in [0.29, 0.717) is 0 Å². The van der Waals surface area contributed by atoms with Crippen molar-refractivity contribution in [1.82, 2.24) is 5.32 Å². The summed E-state index contributed by atoms with van der Waals surface area (Å²) in [5.74, 6) is -1.10. The molecule has 0 saturated carbocycles. The van der Waals surface area contributed by atoms with Gasteiger partial charge in [0, 0.05) is 25.2 Å². The molecule has 0 aliphatic rings. The van der Waals surface area contributed by atoms with Crippen molar-refractivity contribution in [2.24, 2.45) is 0 Å². The Morgan fingerprint density at radius 2 is 1.46 bits per heavy atom. The number of hydrogen-bond acceptors (Lipinski definition) is 4. The molecule has 3 rings (SSSR count). The van der Waals surface area contributed by atoms with Gasteiger partial charge in [0.15, 0.2) is 0 Å². The third kappa shape index (κ3) is 8.18. The number of carboxylic acid groups (broad SMARTS) is 1. The number of rotatable bonds is 9. The van der Waals surface area contributed by atoms with Crippen LogP contribution in [0.4, 0.5) is 10.5 Å². The van der Waals surface area contributed by atoms with Crippen LogP contribution < -0.4 is 10.2 Å². The maximum absolute atomic E-state index is 12.1. The molecule has 1 atom stereocenters. The van der Waals surface area contributed by atoms with Crippen LogP contribution in [0.25, 0.3) is 0 Å². The Hall–Kier alpha value is -3.80. The number of nitrogens with zero attached hydrogens (tertiary/aromatic N) is 1. The summed E-state index contributed by atoms with van der Waals surface area (Å²) in [5, 5.41) is 12.1. The van der Waals surface area contributed by atoms with E-state index < -0.39 is 23.7 Å². The van der Waals surface area contributed by atoms with Gasteiger partial charge in [-0.25, -0.2) is 9.59 Å². The summed E-state index contributed by atoms with van der Waals surface area (Å²) in [6.45, 7) is 8.67. The molecule has 6 nitrogen and oxygen atoms in total. The second-order valence-electron chi connectivity index (χ2n) is 9.68. The molecule has 3 aromatic rings. The van der Waals surface area contributed by atoms with Crippen molar-refractivity contribution in [3.05, 3.63) is 101 Å². The Morgan fingerprint density at radius 1 is 0.914 bits per heavy atom. The monoisotopic (exact) mass is 474 g/mol. The standard InChI is InChI=1S/C29H34N2O4/c1-21-17-25(16-15-24(21)18-26(27(32)33)30-28(34)35-29(2,3)4)31(19-22-11-7-5-8-12-22)20-23-13-9-6-10-14-23/h5-17,26H,18-20H2,1-4H3,(H,30,34)(H,32,33). The van der Waals surface area contributed by atoms with Gasteiger partial charge < -0.3 is 20.1 Å². The highest BCUT2D eigenvalue weighted by Gasteiger charge is 2.25. The molecule has 35 heavy (non-hydrogen) atoms. The Kier molecular flexibility index (Phi) is 8.53. The highest BCUT2D eigenvalue weighted by molar-refractivity contribution is 5.80. The van der Waals surface area contributed by atoms with E-state index in [1.807, 2.05) is 55.5 Å². The first-order valence-corrected chi connectivity index (χ1v) is 11.8. The van der Waals surface area contributed by atoms with Gasteiger partial charge in [0.1, 0.15) is 11.6 Å². The first kappa shape index (κ1) is 25.8. The molecule has 2 N–H and O–H groups in total. The molecule has 0 fully saturated rings. The van der Waals surface area contributed by atoms with Gasteiger partial charge in [-0.1, -0.05) is 66.7 Å². The third-order valence-corrected chi connectivity index (χ3v) is 5.54. The van der Waals surface area contributed by atoms with Crippen molar-refractivity contribution >= 4 is 17.7 Å². The van der Waals surface area contributed by atoms with E-state index >= 15 is 0 Å². The number of amides is 1. The zero-order chi connectivity index (χ0) is 25.4. The SMILES string of the molecule is Cc1cc(N(Cc2ccccc2)Cc2ccccc2)ccc1CC(NC(=O)OC(C)(C)C)C(=O)O. The van der Waals surface area contributed by atoms with Crippen LogP contribution in [-0.2, 0) is 29.0 Å². The summed E-state index contributed by atoms with van der Waals surface area (Å²) in [6.07, 6.45) is -0.575. The Balaban J connectivity index is 1.80. The minimum atomic E-state index is -1.10. The van der Waals surface area contributed by atoms with Crippen molar-refractivity contribution in [2.75, 3.05) is 4.90 Å². The van der Waals surface area contributed by atoms with Crippen LogP contribution in [0.2, 0.25) is 0 Å². The number of nitrogens with one attached hydrogen (secondary N) is 1. The zero-order valence-corrected chi connectivity index (χ0v) is 20.8. The maximum Gasteiger partial charge on any atom is 0.408 e. The molecular weight excluding hydrogens is 440 g/mol. The van der Waals surface area contributed by atoms with E-state index in [2.05, 4.69) is 40.5 Å². The van der Waals surface area contributed by atoms with Crippen molar-refractivity contribution in [3.63, 3.8) is 0 Å². The highest BCUT2D eigenvalue weighted by atomic mass is 16.6. The Labute approximate surface area is 207 Å². The fraction of sp³-hybridized carbons (Fsp3) is 0.310. The second kappa shape index (κ2) is 11.6. The average Bonchev–Trinajstić information content (AvgIpc) is 2.79. The lowest BCUT2D eigenvalue weighted by atomic mass is 9.99.